The Morgan fingerprint density at radius 2 is 1.82 bits per heavy atom. The summed E-state index contributed by atoms with van der Waals surface area (Å²) < 4.78 is 6.73. The molecule has 1 N–H and O–H groups in total. The lowest BCUT2D eigenvalue weighted by Gasteiger charge is -2.06. The Morgan fingerprint density at radius 3 is 2.46 bits per heavy atom. The van der Waals surface area contributed by atoms with Crippen LogP contribution in [0.2, 0.25) is 0 Å². The van der Waals surface area contributed by atoms with Crippen LogP contribution in [0.4, 0.5) is 0 Å². The third kappa shape index (κ3) is 4.95. The molecule has 0 radical (unpaired) electrons. The van der Waals surface area contributed by atoms with E-state index in [2.05, 4.69) is 20.8 Å². The second-order valence-electron chi connectivity index (χ2n) is 5.89. The lowest BCUT2D eigenvalue weighted by Crippen LogP contribution is -2.18. The fourth-order valence-corrected chi connectivity index (χ4v) is 3.19. The summed E-state index contributed by atoms with van der Waals surface area (Å²) in [6.07, 6.45) is 0. The highest BCUT2D eigenvalue weighted by Gasteiger charge is 2.13. The van der Waals surface area contributed by atoms with Crippen molar-refractivity contribution < 1.29 is 14.3 Å². The summed E-state index contributed by atoms with van der Waals surface area (Å²) in [6.45, 7) is 1.91. The van der Waals surface area contributed by atoms with Gasteiger partial charge in [0.15, 0.2) is 5.78 Å². The van der Waals surface area contributed by atoms with Crippen molar-refractivity contribution in [3.63, 3.8) is 0 Å². The van der Waals surface area contributed by atoms with Crippen molar-refractivity contribution in [2.75, 3.05) is 12.9 Å². The van der Waals surface area contributed by atoms with Crippen molar-refractivity contribution in [3.05, 3.63) is 59.7 Å². The van der Waals surface area contributed by atoms with Gasteiger partial charge in [0, 0.05) is 19.0 Å². The Hall–Kier alpha value is -3.20. The van der Waals surface area contributed by atoms with Crippen LogP contribution in [-0.4, -0.2) is 44.8 Å². The average Bonchev–Trinajstić information content (AvgIpc) is 3.19. The van der Waals surface area contributed by atoms with E-state index >= 15 is 0 Å². The Kier molecular flexibility index (Phi) is 6.38. The van der Waals surface area contributed by atoms with E-state index in [0.29, 0.717) is 17.3 Å². The molecule has 0 saturated heterocycles. The summed E-state index contributed by atoms with van der Waals surface area (Å²) in [5.41, 5.74) is 2.31. The maximum absolute atomic E-state index is 12.5. The maximum atomic E-state index is 12.5. The van der Waals surface area contributed by atoms with Crippen LogP contribution in [0.3, 0.4) is 0 Å². The predicted molar refractivity (Wildman–Crippen MR) is 105 cm³/mol. The Labute approximate surface area is 166 Å². The molecule has 3 aromatic rings. The molecule has 9 heteroatoms. The number of thioether (sulfide) groups is 1. The number of methoxy groups -OCH3 is 1. The first-order valence-corrected chi connectivity index (χ1v) is 9.47. The zero-order valence-corrected chi connectivity index (χ0v) is 16.3. The summed E-state index contributed by atoms with van der Waals surface area (Å²) in [5, 5.41) is 14.9. The van der Waals surface area contributed by atoms with Gasteiger partial charge in [-0.25, -0.2) is 0 Å². The number of ether oxygens (including phenoxy) is 1. The van der Waals surface area contributed by atoms with Crippen LogP contribution in [0.5, 0.6) is 5.75 Å². The molecule has 0 spiro atoms. The van der Waals surface area contributed by atoms with Gasteiger partial charge in [0.25, 0.3) is 0 Å². The van der Waals surface area contributed by atoms with Crippen molar-refractivity contribution >= 4 is 23.5 Å². The van der Waals surface area contributed by atoms with Crippen LogP contribution < -0.4 is 10.1 Å². The molecule has 0 aliphatic carbocycles. The number of benzene rings is 2. The van der Waals surface area contributed by atoms with Crippen LogP contribution in [0.25, 0.3) is 5.69 Å². The van der Waals surface area contributed by atoms with Gasteiger partial charge in [-0.15, -0.1) is 5.10 Å². The molecular weight excluding hydrogens is 378 g/mol. The Balaban J connectivity index is 1.62. The topological polar surface area (TPSA) is 99.0 Å². The van der Waals surface area contributed by atoms with Gasteiger partial charge in [0.2, 0.25) is 11.1 Å². The largest absolute Gasteiger partial charge is 0.497 e. The van der Waals surface area contributed by atoms with Crippen LogP contribution in [0.15, 0.2) is 53.7 Å². The Bertz CT molecular complexity index is 954. The third-order valence-corrected chi connectivity index (χ3v) is 4.83. The molecule has 0 fully saturated rings. The highest BCUT2D eigenvalue weighted by Crippen LogP contribution is 2.21. The zero-order valence-electron chi connectivity index (χ0n) is 15.5. The highest BCUT2D eigenvalue weighted by atomic mass is 32.2. The molecule has 1 amide bonds. The number of Topliss-reactive ketones (excluding diaryl/α,β-unsaturated/α-hetero) is 1. The first-order chi connectivity index (χ1) is 13.6. The molecule has 28 heavy (non-hydrogen) atoms. The molecule has 0 atom stereocenters. The number of nitrogens with one attached hydrogen (secondary N) is 1. The maximum Gasteiger partial charge on any atom is 0.217 e. The van der Waals surface area contributed by atoms with E-state index in [-0.39, 0.29) is 17.4 Å². The molecule has 144 valence electrons. The third-order valence-electron chi connectivity index (χ3n) is 3.91. The van der Waals surface area contributed by atoms with Gasteiger partial charge in [0.1, 0.15) is 5.75 Å². The fourth-order valence-electron chi connectivity index (χ4n) is 2.40. The number of carbonyl (C=O) groups is 2. The van der Waals surface area contributed by atoms with Gasteiger partial charge in [-0.1, -0.05) is 36.0 Å². The number of rotatable bonds is 8. The van der Waals surface area contributed by atoms with Crippen LogP contribution in [0, 0.1) is 0 Å². The average molecular weight is 397 g/mol. The van der Waals surface area contributed by atoms with E-state index in [0.717, 1.165) is 17.0 Å². The molecule has 0 bridgehead atoms. The normalized spacial score (nSPS) is 10.5. The Morgan fingerprint density at radius 1 is 1.11 bits per heavy atom. The molecule has 0 aliphatic heterocycles. The number of hydrogen-bond donors (Lipinski definition) is 1. The molecule has 0 aliphatic rings. The van der Waals surface area contributed by atoms with E-state index in [1.54, 1.807) is 23.9 Å². The van der Waals surface area contributed by atoms with Crippen LogP contribution in [-0.2, 0) is 11.3 Å². The second-order valence-corrected chi connectivity index (χ2v) is 6.83. The van der Waals surface area contributed by atoms with Crippen molar-refractivity contribution in [2.24, 2.45) is 0 Å². The quantitative estimate of drug-likeness (QED) is 0.460. The smallest absolute Gasteiger partial charge is 0.217 e. The molecule has 1 heterocycles. The number of carbonyl (C=O) groups excluding carboxylic acids is 2. The van der Waals surface area contributed by atoms with E-state index in [1.807, 2.05) is 36.4 Å². The van der Waals surface area contributed by atoms with E-state index in [9.17, 15) is 9.59 Å². The number of hydrogen-bond acceptors (Lipinski definition) is 7. The van der Waals surface area contributed by atoms with Crippen molar-refractivity contribution in [1.29, 1.82) is 0 Å². The monoisotopic (exact) mass is 397 g/mol. The van der Waals surface area contributed by atoms with Gasteiger partial charge in [0.05, 0.1) is 18.6 Å². The van der Waals surface area contributed by atoms with Crippen LogP contribution >= 0.6 is 11.8 Å². The lowest BCUT2D eigenvalue weighted by atomic mass is 10.1. The molecule has 0 unspecified atom stereocenters. The number of nitrogens with zero attached hydrogens (tertiary/aromatic N) is 4. The summed E-state index contributed by atoms with van der Waals surface area (Å²) in [4.78, 5) is 23.4. The van der Waals surface area contributed by atoms with Crippen LogP contribution in [0.1, 0.15) is 22.8 Å². The number of amides is 1. The minimum Gasteiger partial charge on any atom is -0.497 e. The van der Waals surface area contributed by atoms with Gasteiger partial charge in [-0.2, -0.15) is 4.68 Å². The first-order valence-electron chi connectivity index (χ1n) is 8.49. The molecular formula is C19H19N5O3S. The van der Waals surface area contributed by atoms with Crippen molar-refractivity contribution in [2.45, 2.75) is 18.6 Å². The SMILES string of the molecule is COc1ccc(-n2nnnc2SCC(=O)c2ccc(CNC(C)=O)cc2)cc1. The highest BCUT2D eigenvalue weighted by molar-refractivity contribution is 7.99. The van der Waals surface area contributed by atoms with Gasteiger partial charge < -0.3 is 10.1 Å². The molecule has 0 saturated carbocycles. The minimum atomic E-state index is -0.0915. The zero-order chi connectivity index (χ0) is 19.9. The summed E-state index contributed by atoms with van der Waals surface area (Å²) in [6, 6.07) is 14.5. The van der Waals surface area contributed by atoms with Gasteiger partial charge >= 0.3 is 0 Å². The van der Waals surface area contributed by atoms with Gasteiger partial charge in [-0.05, 0) is 40.3 Å². The van der Waals surface area contributed by atoms with E-state index in [1.165, 1.54) is 18.7 Å². The van der Waals surface area contributed by atoms with E-state index in [4.69, 9.17) is 4.74 Å². The number of tetrazole rings is 1. The second kappa shape index (κ2) is 9.14. The summed E-state index contributed by atoms with van der Waals surface area (Å²) >= 11 is 1.27. The molecule has 2 aromatic carbocycles. The minimum absolute atomic E-state index is 0.0274. The predicted octanol–water partition coefficient (Wildman–Crippen LogP) is 2.28. The number of ketones is 1. The standard InChI is InChI=1S/C19H19N5O3S/c1-13(25)20-11-14-3-5-15(6-4-14)18(26)12-28-19-21-22-23-24(19)16-7-9-17(27-2)10-8-16/h3-10H,11-12H2,1-2H3,(H,20,25). The van der Waals surface area contributed by atoms with Crippen molar-refractivity contribution in [3.8, 4) is 11.4 Å². The van der Waals surface area contributed by atoms with Gasteiger partial charge in [-0.3, -0.25) is 9.59 Å². The molecule has 1 aromatic heterocycles. The first kappa shape index (κ1) is 19.6. The summed E-state index contributed by atoms with van der Waals surface area (Å²) in [5.74, 6) is 0.830. The lowest BCUT2D eigenvalue weighted by molar-refractivity contribution is -0.119. The fraction of sp³-hybridized carbons (Fsp3) is 0.211. The molecule has 8 nitrogen and oxygen atoms in total. The van der Waals surface area contributed by atoms with Crippen molar-refractivity contribution in [1.82, 2.24) is 25.5 Å². The molecule has 3 rings (SSSR count). The number of aromatic nitrogens is 4. The summed E-state index contributed by atoms with van der Waals surface area (Å²) in [7, 11) is 1.60. The van der Waals surface area contributed by atoms with E-state index < -0.39 is 0 Å².